The molecule has 2 fully saturated rings. The molecule has 6 atom stereocenters. The van der Waals surface area contributed by atoms with Gasteiger partial charge < -0.3 is 15.5 Å². The van der Waals surface area contributed by atoms with Gasteiger partial charge in [0.15, 0.2) is 0 Å². The van der Waals surface area contributed by atoms with E-state index < -0.39 is 6.10 Å². The normalized spacial score (nSPS) is 30.8. The number of allylic oxidation sites excluding steroid dienone is 2. The summed E-state index contributed by atoms with van der Waals surface area (Å²) in [5.41, 5.74) is 1.47. The van der Waals surface area contributed by atoms with E-state index >= 15 is 0 Å². The van der Waals surface area contributed by atoms with Crippen LogP contribution < -0.4 is 5.32 Å². The van der Waals surface area contributed by atoms with Crippen LogP contribution in [0.25, 0.3) is 0 Å². The molecule has 2 saturated carbocycles. The fourth-order valence-corrected chi connectivity index (χ4v) is 4.45. The molecule has 4 nitrogen and oxygen atoms in total. The molecule has 0 radical (unpaired) electrons. The van der Waals surface area contributed by atoms with E-state index in [9.17, 15) is 15.0 Å². The van der Waals surface area contributed by atoms with Gasteiger partial charge in [-0.15, -0.1) is 11.8 Å². The average Bonchev–Trinajstić information content (AvgIpc) is 3.17. The lowest BCUT2D eigenvalue weighted by Crippen LogP contribution is -2.19. The first kappa shape index (κ1) is 21.7. The van der Waals surface area contributed by atoms with Crippen LogP contribution in [0.1, 0.15) is 58.8 Å². The minimum absolute atomic E-state index is 0.0994. The van der Waals surface area contributed by atoms with Gasteiger partial charge in [0, 0.05) is 25.8 Å². The maximum atomic E-state index is 11.3. The Morgan fingerprint density at radius 2 is 2.19 bits per heavy atom. The van der Waals surface area contributed by atoms with E-state index in [1.54, 1.807) is 7.05 Å². The van der Waals surface area contributed by atoms with E-state index in [2.05, 4.69) is 23.2 Å². The molecule has 2 rings (SSSR count). The van der Waals surface area contributed by atoms with E-state index in [0.717, 1.165) is 32.1 Å². The van der Waals surface area contributed by atoms with E-state index in [0.29, 0.717) is 24.7 Å². The number of unbranched alkanes of at least 4 members (excludes halogenated alkanes) is 1. The Kier molecular flexibility index (Phi) is 8.60. The van der Waals surface area contributed by atoms with Crippen molar-refractivity contribution in [3.05, 3.63) is 23.8 Å². The van der Waals surface area contributed by atoms with Crippen molar-refractivity contribution >= 4 is 5.91 Å². The first-order valence-electron chi connectivity index (χ1n) is 10.3. The van der Waals surface area contributed by atoms with Crippen LogP contribution in [0, 0.1) is 35.5 Å². The van der Waals surface area contributed by atoms with Crippen molar-refractivity contribution in [1.82, 2.24) is 5.32 Å². The Bertz CT molecular complexity index is 613. The van der Waals surface area contributed by atoms with Crippen molar-refractivity contribution in [2.24, 2.45) is 23.7 Å². The Labute approximate surface area is 164 Å². The zero-order valence-corrected chi connectivity index (χ0v) is 16.9. The Balaban J connectivity index is 1.87. The highest BCUT2D eigenvalue weighted by Gasteiger charge is 2.44. The van der Waals surface area contributed by atoms with Crippen LogP contribution in [0.4, 0.5) is 0 Å². The fraction of sp³-hybridized carbons (Fsp3) is 0.696. The second-order valence-corrected chi connectivity index (χ2v) is 8.12. The number of rotatable bonds is 8. The molecular weight excluding hydrogens is 338 g/mol. The van der Waals surface area contributed by atoms with Crippen molar-refractivity contribution in [2.75, 3.05) is 7.05 Å². The highest BCUT2D eigenvalue weighted by Crippen LogP contribution is 2.50. The highest BCUT2D eigenvalue weighted by atomic mass is 16.3. The van der Waals surface area contributed by atoms with Gasteiger partial charge in [0.05, 0.1) is 12.2 Å². The van der Waals surface area contributed by atoms with Crippen LogP contribution in [0.5, 0.6) is 0 Å². The summed E-state index contributed by atoms with van der Waals surface area (Å²) >= 11 is 0. The monoisotopic (exact) mass is 373 g/mol. The number of hydrogen-bond acceptors (Lipinski definition) is 3. The van der Waals surface area contributed by atoms with Gasteiger partial charge in [-0.05, 0) is 56.8 Å². The molecule has 4 heteroatoms. The molecule has 0 aromatic carbocycles. The number of aliphatic hydroxyl groups excluding tert-OH is 2. The molecule has 0 spiro atoms. The van der Waals surface area contributed by atoms with Gasteiger partial charge >= 0.3 is 0 Å². The number of carbonyl (C=O) groups is 1. The number of carbonyl (C=O) groups excluding carboxylic acids is 1. The number of amides is 1. The molecule has 2 aliphatic rings. The second kappa shape index (κ2) is 10.7. The zero-order chi connectivity index (χ0) is 19.8. The van der Waals surface area contributed by atoms with Crippen LogP contribution in [0.2, 0.25) is 0 Å². The van der Waals surface area contributed by atoms with Crippen LogP contribution in [0.15, 0.2) is 23.8 Å². The summed E-state index contributed by atoms with van der Waals surface area (Å²) in [4.78, 5) is 11.3. The second-order valence-electron chi connectivity index (χ2n) is 8.12. The summed E-state index contributed by atoms with van der Waals surface area (Å²) in [5.74, 6) is 7.23. The van der Waals surface area contributed by atoms with Crippen molar-refractivity contribution in [3.63, 3.8) is 0 Å². The number of hydrogen-bond donors (Lipinski definition) is 3. The molecule has 3 unspecified atom stereocenters. The maximum Gasteiger partial charge on any atom is 0.219 e. The summed E-state index contributed by atoms with van der Waals surface area (Å²) in [6, 6.07) is 0. The molecule has 3 N–H and O–H groups in total. The lowest BCUT2D eigenvalue weighted by molar-refractivity contribution is -0.120. The van der Waals surface area contributed by atoms with E-state index in [4.69, 9.17) is 0 Å². The summed E-state index contributed by atoms with van der Waals surface area (Å²) in [5, 5.41) is 23.4. The predicted octanol–water partition coefficient (Wildman–Crippen LogP) is 3.20. The van der Waals surface area contributed by atoms with Gasteiger partial charge in [-0.25, -0.2) is 0 Å². The van der Waals surface area contributed by atoms with Gasteiger partial charge in [0.2, 0.25) is 5.91 Å². The molecule has 27 heavy (non-hydrogen) atoms. The molecule has 0 aromatic heterocycles. The summed E-state index contributed by atoms with van der Waals surface area (Å²) < 4.78 is 0. The zero-order valence-electron chi connectivity index (χ0n) is 16.9. The molecular formula is C23H35NO3. The third-order valence-electron chi connectivity index (χ3n) is 6.14. The summed E-state index contributed by atoms with van der Waals surface area (Å²) in [6.45, 7) is 3.82. The van der Waals surface area contributed by atoms with Gasteiger partial charge in [-0.2, -0.15) is 0 Å². The SMILES string of the molecule is CC#CCC(C)[C@H](O)/C=C/[C@@H]1C2C/C(=C/CCCC(=O)NC)CC2C[C@H]1O. The van der Waals surface area contributed by atoms with E-state index in [1.165, 1.54) is 5.57 Å². The first-order valence-corrected chi connectivity index (χ1v) is 10.3. The molecule has 150 valence electrons. The molecule has 0 heterocycles. The lowest BCUT2D eigenvalue weighted by atomic mass is 9.89. The molecule has 2 aliphatic carbocycles. The Morgan fingerprint density at radius 3 is 2.89 bits per heavy atom. The average molecular weight is 374 g/mol. The fourth-order valence-electron chi connectivity index (χ4n) is 4.45. The van der Waals surface area contributed by atoms with Gasteiger partial charge in [0.25, 0.3) is 0 Å². The van der Waals surface area contributed by atoms with Crippen molar-refractivity contribution in [2.45, 2.75) is 71.0 Å². The maximum absolute atomic E-state index is 11.3. The summed E-state index contributed by atoms with van der Waals surface area (Å²) in [7, 11) is 1.67. The Hall–Kier alpha value is -1.57. The lowest BCUT2D eigenvalue weighted by Gasteiger charge is -2.19. The van der Waals surface area contributed by atoms with Crippen LogP contribution in [-0.2, 0) is 4.79 Å². The molecule has 0 aliphatic heterocycles. The first-order chi connectivity index (χ1) is 13.0. The van der Waals surface area contributed by atoms with Crippen molar-refractivity contribution in [1.29, 1.82) is 0 Å². The van der Waals surface area contributed by atoms with Gasteiger partial charge in [-0.3, -0.25) is 4.79 Å². The van der Waals surface area contributed by atoms with Crippen molar-refractivity contribution in [3.8, 4) is 11.8 Å². The minimum Gasteiger partial charge on any atom is -0.392 e. The standard InChI is InChI=1S/C23H35NO3/c1-4-5-8-16(2)21(25)12-11-19-20-14-17(13-18(20)15-22(19)26)9-6-7-10-23(27)24-3/h9,11-12,16,18-22,25-26H,6-8,10,13-15H2,1-3H3,(H,24,27)/b12-11+,17-9+/t16?,18?,19-,20?,21-,22-/m1/s1. The van der Waals surface area contributed by atoms with E-state index in [-0.39, 0.29) is 23.8 Å². The highest BCUT2D eigenvalue weighted by molar-refractivity contribution is 5.75. The van der Waals surface area contributed by atoms with Gasteiger partial charge in [0.1, 0.15) is 0 Å². The van der Waals surface area contributed by atoms with Crippen LogP contribution in [-0.4, -0.2) is 35.4 Å². The third kappa shape index (κ3) is 6.23. The Morgan fingerprint density at radius 1 is 1.41 bits per heavy atom. The summed E-state index contributed by atoms with van der Waals surface area (Å²) in [6.07, 6.45) is 11.4. The molecule has 0 aromatic rings. The predicted molar refractivity (Wildman–Crippen MR) is 109 cm³/mol. The molecule has 1 amide bonds. The van der Waals surface area contributed by atoms with Crippen LogP contribution in [0.3, 0.4) is 0 Å². The minimum atomic E-state index is -0.516. The number of fused-ring (bicyclic) bond motifs is 1. The van der Waals surface area contributed by atoms with Crippen LogP contribution >= 0.6 is 0 Å². The molecule has 0 saturated heterocycles. The quantitative estimate of drug-likeness (QED) is 0.348. The third-order valence-corrected chi connectivity index (χ3v) is 6.14. The largest absolute Gasteiger partial charge is 0.392 e. The van der Waals surface area contributed by atoms with E-state index in [1.807, 2.05) is 26.0 Å². The smallest absolute Gasteiger partial charge is 0.219 e. The topological polar surface area (TPSA) is 69.6 Å². The number of aliphatic hydroxyl groups is 2. The number of nitrogens with one attached hydrogen (secondary N) is 1. The van der Waals surface area contributed by atoms with Gasteiger partial charge in [-0.1, -0.05) is 30.7 Å². The molecule has 0 bridgehead atoms. The van der Waals surface area contributed by atoms with Crippen molar-refractivity contribution < 1.29 is 15.0 Å².